The van der Waals surface area contributed by atoms with Crippen molar-refractivity contribution in [3.63, 3.8) is 0 Å². The molecule has 0 radical (unpaired) electrons. The fourth-order valence-corrected chi connectivity index (χ4v) is 2.07. The molecule has 0 bridgehead atoms. The highest BCUT2D eigenvalue weighted by Crippen LogP contribution is 2.06. The third kappa shape index (κ3) is 13.3. The van der Waals surface area contributed by atoms with E-state index in [0.29, 0.717) is 0 Å². The molecule has 0 aliphatic carbocycles. The summed E-state index contributed by atoms with van der Waals surface area (Å²) >= 11 is 0. The maximum absolute atomic E-state index is 9.36. The van der Waals surface area contributed by atoms with E-state index in [1.807, 2.05) is 0 Å². The van der Waals surface area contributed by atoms with Crippen LogP contribution in [0.3, 0.4) is 0 Å². The molecule has 0 N–H and O–H groups in total. The Bertz CT molecular complexity index is 166. The molecule has 0 unspecified atom stereocenters. The van der Waals surface area contributed by atoms with Crippen LogP contribution in [0, 0.1) is 0 Å². The second-order valence-electron chi connectivity index (χ2n) is 4.60. The fourth-order valence-electron chi connectivity index (χ4n) is 2.07. The van der Waals surface area contributed by atoms with E-state index in [1.54, 1.807) is 0 Å². The molecule has 104 valence electrons. The molecule has 0 fully saturated rings. The zero-order valence-electron chi connectivity index (χ0n) is 12.1. The van der Waals surface area contributed by atoms with E-state index in [0.717, 1.165) is 0 Å². The minimum Gasteiger partial charge on any atom is -0.548 e. The molecule has 0 saturated carbocycles. The maximum Gasteiger partial charge on any atom is 0.0857 e. The number of rotatable bonds is 8. The van der Waals surface area contributed by atoms with Crippen molar-refractivity contribution in [2.75, 3.05) is 40.4 Å². The molecule has 0 spiro atoms. The normalized spacial score (nSPS) is 10.6. The van der Waals surface area contributed by atoms with E-state index < -0.39 is 5.97 Å². The van der Waals surface area contributed by atoms with Gasteiger partial charge in [0.15, 0.2) is 0 Å². The molecule has 0 aromatic carbocycles. The van der Waals surface area contributed by atoms with Gasteiger partial charge in [0.05, 0.1) is 39.3 Å². The van der Waals surface area contributed by atoms with Gasteiger partial charge in [0.25, 0.3) is 0 Å². The van der Waals surface area contributed by atoms with Gasteiger partial charge in [0, 0.05) is 7.11 Å². The highest BCUT2D eigenvalue weighted by Gasteiger charge is 2.16. The lowest BCUT2D eigenvalue weighted by Gasteiger charge is -2.33. The van der Waals surface area contributed by atoms with Gasteiger partial charge in [0.2, 0.25) is 0 Å². The number of hydrogen-bond acceptors (Lipinski definition) is 3. The van der Waals surface area contributed by atoms with Crippen molar-refractivity contribution in [1.29, 1.82) is 0 Å². The second-order valence-corrected chi connectivity index (χ2v) is 4.60. The Hall–Kier alpha value is -0.610. The van der Waals surface area contributed by atoms with Crippen molar-refractivity contribution < 1.29 is 19.1 Å². The number of hydrogen-bond donors (Lipinski definition) is 0. The largest absolute Gasteiger partial charge is 0.548 e. The number of methoxy groups -OCH3 is 1. The zero-order valence-corrected chi connectivity index (χ0v) is 12.1. The molecule has 0 saturated heterocycles. The average molecular weight is 247 g/mol. The number of nitrogens with zero attached hydrogens (tertiary/aromatic N) is 1. The van der Waals surface area contributed by atoms with Gasteiger partial charge in [-0.3, -0.25) is 0 Å². The first kappa shape index (κ1) is 18.7. The number of carbonyl (C=O) groups is 1. The van der Waals surface area contributed by atoms with Crippen LogP contribution in [0.5, 0.6) is 0 Å². The summed E-state index contributed by atoms with van der Waals surface area (Å²) in [5.74, 6) is -1.18. The van der Waals surface area contributed by atoms with Crippen molar-refractivity contribution in [3.8, 4) is 0 Å². The van der Waals surface area contributed by atoms with Gasteiger partial charge in [-0.25, -0.2) is 0 Å². The Morgan fingerprint density at radius 1 is 1.06 bits per heavy atom. The third-order valence-electron chi connectivity index (χ3n) is 2.55. The van der Waals surface area contributed by atoms with Gasteiger partial charge in [-0.2, -0.15) is 0 Å². The molecule has 4 nitrogen and oxygen atoms in total. The summed E-state index contributed by atoms with van der Waals surface area (Å²) in [5, 5.41) is 9.36. The van der Waals surface area contributed by atoms with Crippen molar-refractivity contribution in [3.05, 3.63) is 0 Å². The van der Waals surface area contributed by atoms with Crippen LogP contribution >= 0.6 is 0 Å². The van der Waals surface area contributed by atoms with Gasteiger partial charge >= 0.3 is 0 Å². The number of carboxylic acid groups (broad SMARTS) is 1. The van der Waals surface area contributed by atoms with Crippen LogP contribution in [0.25, 0.3) is 0 Å². The van der Waals surface area contributed by atoms with Gasteiger partial charge in [-0.1, -0.05) is 20.8 Å². The minimum absolute atomic E-state index is 0.319. The summed E-state index contributed by atoms with van der Waals surface area (Å²) in [5.41, 5.74) is 0. The highest BCUT2D eigenvalue weighted by molar-refractivity contribution is 5.65. The molecule has 4 heteroatoms. The van der Waals surface area contributed by atoms with Crippen LogP contribution in [-0.4, -0.2) is 50.9 Å². The van der Waals surface area contributed by atoms with Gasteiger partial charge in [-0.05, 0) is 19.3 Å². The first-order valence-electron chi connectivity index (χ1n) is 6.48. The summed E-state index contributed by atoms with van der Waals surface area (Å²) in [6, 6.07) is 0. The number of quaternary nitrogens is 1. The maximum atomic E-state index is 9.36. The van der Waals surface area contributed by atoms with Crippen LogP contribution < -0.4 is 5.11 Å². The van der Waals surface area contributed by atoms with Crippen molar-refractivity contribution in [1.82, 2.24) is 0 Å². The standard InChI is InChI=1S/C10H24N.C3H6O3/c1-5-8-11(4,9-6-2)10-7-3;1-6-2-3(4)5/h5-10H2,1-4H3;2H2,1H3,(H,4,5)/q+1;/p-1. The topological polar surface area (TPSA) is 49.4 Å². The van der Waals surface area contributed by atoms with Gasteiger partial charge in [-0.15, -0.1) is 0 Å². The van der Waals surface area contributed by atoms with Crippen molar-refractivity contribution in [2.24, 2.45) is 0 Å². The Kier molecular flexibility index (Phi) is 13.1. The summed E-state index contributed by atoms with van der Waals surface area (Å²) in [7, 11) is 3.69. The summed E-state index contributed by atoms with van der Waals surface area (Å²) in [4.78, 5) is 9.36. The monoisotopic (exact) mass is 247 g/mol. The van der Waals surface area contributed by atoms with Gasteiger partial charge in [0.1, 0.15) is 0 Å². The number of ether oxygens (including phenoxy) is 1. The molecular formula is C13H29NO3. The Morgan fingerprint density at radius 2 is 1.41 bits per heavy atom. The number of carboxylic acids is 1. The molecule has 0 atom stereocenters. The summed E-state index contributed by atoms with van der Waals surface area (Å²) < 4.78 is 5.42. The lowest BCUT2D eigenvalue weighted by atomic mass is 10.2. The molecule has 0 amide bonds. The molecule has 0 aliphatic heterocycles. The lowest BCUT2D eigenvalue weighted by molar-refractivity contribution is -0.909. The van der Waals surface area contributed by atoms with Crippen molar-refractivity contribution >= 4 is 5.97 Å². The second kappa shape index (κ2) is 11.9. The molecule has 0 aliphatic rings. The predicted octanol–water partition coefficient (Wildman–Crippen LogP) is 1.05. The van der Waals surface area contributed by atoms with Crippen LogP contribution in [-0.2, 0) is 9.53 Å². The molecule has 0 aromatic heterocycles. The molecular weight excluding hydrogens is 218 g/mol. The summed E-state index contributed by atoms with van der Waals surface area (Å²) in [6.07, 6.45) is 3.95. The first-order valence-corrected chi connectivity index (χ1v) is 6.48. The molecule has 0 heterocycles. The quantitative estimate of drug-likeness (QED) is 0.602. The SMILES string of the molecule is CCC[N+](C)(CCC)CCC.COCC(=O)[O-]. The first-order chi connectivity index (χ1) is 7.95. The Morgan fingerprint density at radius 3 is 1.53 bits per heavy atom. The summed E-state index contributed by atoms with van der Waals surface area (Å²) in [6.45, 7) is 10.6. The fraction of sp³-hybridized carbons (Fsp3) is 0.923. The van der Waals surface area contributed by atoms with E-state index in [2.05, 4.69) is 32.6 Å². The van der Waals surface area contributed by atoms with Crippen LogP contribution in [0.1, 0.15) is 40.0 Å². The van der Waals surface area contributed by atoms with E-state index in [4.69, 9.17) is 0 Å². The van der Waals surface area contributed by atoms with E-state index in [-0.39, 0.29) is 6.61 Å². The lowest BCUT2D eigenvalue weighted by Crippen LogP contribution is -2.45. The van der Waals surface area contributed by atoms with E-state index in [1.165, 1.54) is 50.5 Å². The Labute approximate surface area is 106 Å². The predicted molar refractivity (Wildman–Crippen MR) is 68.5 cm³/mol. The van der Waals surface area contributed by atoms with Gasteiger partial charge < -0.3 is 19.1 Å². The zero-order chi connectivity index (χ0) is 13.7. The minimum atomic E-state index is -1.18. The average Bonchev–Trinajstić information content (AvgIpc) is 2.19. The smallest absolute Gasteiger partial charge is 0.0857 e. The third-order valence-corrected chi connectivity index (χ3v) is 2.55. The number of carbonyl (C=O) groups excluding carboxylic acids is 1. The van der Waals surface area contributed by atoms with Crippen LogP contribution in [0.2, 0.25) is 0 Å². The molecule has 0 rings (SSSR count). The Balaban J connectivity index is 0. The van der Waals surface area contributed by atoms with E-state index in [9.17, 15) is 9.90 Å². The van der Waals surface area contributed by atoms with Crippen LogP contribution in [0.4, 0.5) is 0 Å². The van der Waals surface area contributed by atoms with Crippen molar-refractivity contribution in [2.45, 2.75) is 40.0 Å². The van der Waals surface area contributed by atoms with E-state index >= 15 is 0 Å². The highest BCUT2D eigenvalue weighted by atomic mass is 16.5. The molecule has 0 aromatic rings. The number of aliphatic carboxylic acids is 1. The van der Waals surface area contributed by atoms with Crippen LogP contribution in [0.15, 0.2) is 0 Å². The molecule has 17 heavy (non-hydrogen) atoms.